The highest BCUT2D eigenvalue weighted by molar-refractivity contribution is 5.41. The first kappa shape index (κ1) is 16.1. The molecule has 0 aliphatic carbocycles. The fourth-order valence-electron chi connectivity index (χ4n) is 4.23. The lowest BCUT2D eigenvalue weighted by atomic mass is 9.93. The molecule has 2 nitrogen and oxygen atoms in total. The molecule has 0 saturated carbocycles. The summed E-state index contributed by atoms with van der Waals surface area (Å²) in [7, 11) is 0. The van der Waals surface area contributed by atoms with Crippen molar-refractivity contribution in [3.63, 3.8) is 0 Å². The van der Waals surface area contributed by atoms with E-state index in [0.717, 1.165) is 24.9 Å². The first-order valence-electron chi connectivity index (χ1n) is 8.90. The van der Waals surface area contributed by atoms with E-state index >= 15 is 0 Å². The summed E-state index contributed by atoms with van der Waals surface area (Å²) in [6.07, 6.45) is 6.62. The molecular weight excluding hydrogens is 311 g/mol. The monoisotopic (exact) mass is 332 g/mol. The number of rotatable bonds is 4. The van der Waals surface area contributed by atoms with Gasteiger partial charge in [0.15, 0.2) is 0 Å². The summed E-state index contributed by atoms with van der Waals surface area (Å²) in [5.41, 5.74) is 4.15. The zero-order valence-electron chi connectivity index (χ0n) is 14.2. The molecule has 25 heavy (non-hydrogen) atoms. The van der Waals surface area contributed by atoms with Gasteiger partial charge in [-0.05, 0) is 48.9 Å². The SMILES string of the molecule is N#Cc1cc(F)ccc1CC1=CC2CCC(C1)N2Cc1ccccc1. The molecule has 0 radical (unpaired) electrons. The minimum Gasteiger partial charge on any atom is -0.289 e. The van der Waals surface area contributed by atoms with Gasteiger partial charge in [-0.25, -0.2) is 4.39 Å². The van der Waals surface area contributed by atoms with Crippen molar-refractivity contribution in [1.82, 2.24) is 4.90 Å². The van der Waals surface area contributed by atoms with E-state index < -0.39 is 0 Å². The molecule has 2 atom stereocenters. The number of hydrogen-bond acceptors (Lipinski definition) is 2. The number of fused-ring (bicyclic) bond motifs is 2. The average Bonchev–Trinajstić information content (AvgIpc) is 2.86. The predicted octanol–water partition coefficient (Wildman–Crippen LogP) is 4.60. The van der Waals surface area contributed by atoms with Crippen LogP contribution in [-0.4, -0.2) is 17.0 Å². The Morgan fingerprint density at radius 1 is 1.12 bits per heavy atom. The van der Waals surface area contributed by atoms with Gasteiger partial charge in [0, 0.05) is 18.6 Å². The van der Waals surface area contributed by atoms with Gasteiger partial charge in [-0.3, -0.25) is 4.90 Å². The third-order valence-corrected chi connectivity index (χ3v) is 5.43. The van der Waals surface area contributed by atoms with Crippen LogP contribution in [0, 0.1) is 17.1 Å². The Labute approximate surface area is 148 Å². The van der Waals surface area contributed by atoms with E-state index in [9.17, 15) is 9.65 Å². The maximum absolute atomic E-state index is 13.3. The first-order chi connectivity index (χ1) is 12.2. The molecule has 2 bridgehead atoms. The molecule has 0 aromatic heterocycles. The zero-order valence-corrected chi connectivity index (χ0v) is 14.2. The van der Waals surface area contributed by atoms with Crippen molar-refractivity contribution in [2.24, 2.45) is 0 Å². The second-order valence-corrected chi connectivity index (χ2v) is 7.08. The quantitative estimate of drug-likeness (QED) is 0.765. The maximum atomic E-state index is 13.3. The van der Waals surface area contributed by atoms with Crippen LogP contribution in [0.4, 0.5) is 4.39 Å². The predicted molar refractivity (Wildman–Crippen MR) is 96.3 cm³/mol. The lowest BCUT2D eigenvalue weighted by molar-refractivity contribution is 0.194. The van der Waals surface area contributed by atoms with Crippen LogP contribution in [0.25, 0.3) is 0 Å². The van der Waals surface area contributed by atoms with E-state index in [1.165, 1.54) is 36.1 Å². The van der Waals surface area contributed by atoms with Gasteiger partial charge in [-0.15, -0.1) is 0 Å². The highest BCUT2D eigenvalue weighted by Gasteiger charge is 2.36. The highest BCUT2D eigenvalue weighted by atomic mass is 19.1. The van der Waals surface area contributed by atoms with Gasteiger partial charge in [0.05, 0.1) is 11.6 Å². The smallest absolute Gasteiger partial charge is 0.124 e. The summed E-state index contributed by atoms with van der Waals surface area (Å²) in [5.74, 6) is -0.341. The molecule has 2 aromatic carbocycles. The normalized spacial score (nSPS) is 22.5. The number of nitriles is 1. The van der Waals surface area contributed by atoms with Gasteiger partial charge in [-0.1, -0.05) is 48.0 Å². The van der Waals surface area contributed by atoms with Gasteiger partial charge >= 0.3 is 0 Å². The standard InChI is InChI=1S/C22H21FN2/c23-20-7-6-18(19(13-20)14-24)10-17-11-21-8-9-22(12-17)25(21)15-16-4-2-1-3-5-16/h1-7,11,13,21-22H,8-10,12,15H2. The molecule has 3 heteroatoms. The van der Waals surface area contributed by atoms with Crippen LogP contribution in [-0.2, 0) is 13.0 Å². The second-order valence-electron chi connectivity index (χ2n) is 7.08. The molecule has 0 N–H and O–H groups in total. The van der Waals surface area contributed by atoms with Crippen LogP contribution in [0.5, 0.6) is 0 Å². The van der Waals surface area contributed by atoms with Crippen molar-refractivity contribution >= 4 is 0 Å². The van der Waals surface area contributed by atoms with Gasteiger partial charge < -0.3 is 0 Å². The lowest BCUT2D eigenvalue weighted by Gasteiger charge is -2.34. The second kappa shape index (κ2) is 6.82. The molecule has 1 saturated heterocycles. The summed E-state index contributed by atoms with van der Waals surface area (Å²) >= 11 is 0. The highest BCUT2D eigenvalue weighted by Crippen LogP contribution is 2.37. The van der Waals surface area contributed by atoms with Crippen molar-refractivity contribution in [2.75, 3.05) is 0 Å². The van der Waals surface area contributed by atoms with E-state index in [0.29, 0.717) is 17.6 Å². The average molecular weight is 332 g/mol. The number of hydrogen-bond donors (Lipinski definition) is 0. The van der Waals surface area contributed by atoms with Crippen molar-refractivity contribution in [3.8, 4) is 6.07 Å². The molecule has 0 amide bonds. The number of halogens is 1. The van der Waals surface area contributed by atoms with Crippen molar-refractivity contribution in [1.29, 1.82) is 5.26 Å². The third-order valence-electron chi connectivity index (χ3n) is 5.43. The molecule has 0 spiro atoms. The summed E-state index contributed by atoms with van der Waals surface area (Å²) in [5, 5.41) is 9.25. The van der Waals surface area contributed by atoms with Crippen molar-refractivity contribution < 1.29 is 4.39 Å². The Hall–Kier alpha value is -2.44. The molecule has 126 valence electrons. The van der Waals surface area contributed by atoms with E-state index in [4.69, 9.17) is 0 Å². The van der Waals surface area contributed by atoms with Gasteiger partial charge in [0.1, 0.15) is 5.82 Å². The van der Waals surface area contributed by atoms with Crippen LogP contribution in [0.2, 0.25) is 0 Å². The Kier molecular flexibility index (Phi) is 4.38. The first-order valence-corrected chi connectivity index (χ1v) is 8.90. The number of benzene rings is 2. The maximum Gasteiger partial charge on any atom is 0.124 e. The van der Waals surface area contributed by atoms with E-state index in [2.05, 4.69) is 47.4 Å². The fraction of sp³-hybridized carbons (Fsp3) is 0.318. The minimum atomic E-state index is -0.341. The summed E-state index contributed by atoms with van der Waals surface area (Å²) < 4.78 is 13.3. The van der Waals surface area contributed by atoms with Crippen LogP contribution in [0.3, 0.4) is 0 Å². The topological polar surface area (TPSA) is 27.0 Å². The molecule has 2 aliphatic rings. The molecule has 2 aliphatic heterocycles. The summed E-state index contributed by atoms with van der Waals surface area (Å²) in [4.78, 5) is 2.61. The Morgan fingerprint density at radius 3 is 2.72 bits per heavy atom. The van der Waals surface area contributed by atoms with Crippen LogP contribution in [0.1, 0.15) is 36.0 Å². The Balaban J connectivity index is 1.51. The third kappa shape index (κ3) is 3.36. The van der Waals surface area contributed by atoms with E-state index in [-0.39, 0.29) is 5.82 Å². The zero-order chi connectivity index (χ0) is 17.2. The van der Waals surface area contributed by atoms with Crippen LogP contribution >= 0.6 is 0 Å². The molecule has 1 fully saturated rings. The Morgan fingerprint density at radius 2 is 1.96 bits per heavy atom. The van der Waals surface area contributed by atoms with Crippen molar-refractivity contribution in [3.05, 3.63) is 82.7 Å². The minimum absolute atomic E-state index is 0.341. The van der Waals surface area contributed by atoms with Crippen LogP contribution in [0.15, 0.2) is 60.2 Å². The molecule has 2 heterocycles. The van der Waals surface area contributed by atoms with Gasteiger partial charge in [0.2, 0.25) is 0 Å². The molecule has 2 aromatic rings. The Bertz CT molecular complexity index is 835. The molecular formula is C22H21FN2. The largest absolute Gasteiger partial charge is 0.289 e. The van der Waals surface area contributed by atoms with Crippen LogP contribution < -0.4 is 0 Å². The van der Waals surface area contributed by atoms with E-state index in [1.807, 2.05) is 0 Å². The van der Waals surface area contributed by atoms with Crippen molar-refractivity contribution in [2.45, 2.75) is 44.3 Å². The molecule has 2 unspecified atom stereocenters. The molecule has 4 rings (SSSR count). The fourth-order valence-corrected chi connectivity index (χ4v) is 4.23. The summed E-state index contributed by atoms with van der Waals surface area (Å²) in [6, 6.07) is 18.4. The van der Waals surface area contributed by atoms with Gasteiger partial charge in [-0.2, -0.15) is 5.26 Å². The van der Waals surface area contributed by atoms with Gasteiger partial charge in [0.25, 0.3) is 0 Å². The van der Waals surface area contributed by atoms with E-state index in [1.54, 1.807) is 6.07 Å². The summed E-state index contributed by atoms with van der Waals surface area (Å²) in [6.45, 7) is 1.000. The lowest BCUT2D eigenvalue weighted by Crippen LogP contribution is -2.38. The number of nitrogens with zero attached hydrogens (tertiary/aromatic N) is 2.